The van der Waals surface area contributed by atoms with Crippen LogP contribution in [0.25, 0.3) is 0 Å². The predicted octanol–water partition coefficient (Wildman–Crippen LogP) is 2.02. The number of hydrogen-bond donors (Lipinski definition) is 1. The number of nitrogens with zero attached hydrogens (tertiary/aromatic N) is 1. The van der Waals surface area contributed by atoms with Gasteiger partial charge in [-0.05, 0) is 12.8 Å². The molecule has 0 aromatic carbocycles. The number of amides is 1. The van der Waals surface area contributed by atoms with Crippen LogP contribution < -0.4 is 0 Å². The Hall–Kier alpha value is -0.770. The molecule has 4 nitrogen and oxygen atoms in total. The molecule has 0 aliphatic heterocycles. The Morgan fingerprint density at radius 2 is 2.08 bits per heavy atom. The highest BCUT2D eigenvalue weighted by Crippen LogP contribution is 1.94. The van der Waals surface area contributed by atoms with Crippen molar-refractivity contribution in [3.05, 3.63) is 0 Å². The molecule has 72 valence electrons. The van der Waals surface area contributed by atoms with E-state index >= 15 is 0 Å². The van der Waals surface area contributed by atoms with Crippen molar-refractivity contribution in [2.24, 2.45) is 0 Å². The van der Waals surface area contributed by atoms with Crippen molar-refractivity contribution in [2.75, 3.05) is 13.2 Å². The van der Waals surface area contributed by atoms with Gasteiger partial charge in [-0.2, -0.15) is 5.06 Å². The minimum Gasteiger partial charge on any atom is -0.448 e. The van der Waals surface area contributed by atoms with Gasteiger partial charge in [0.05, 0.1) is 13.2 Å². The average Bonchev–Trinajstić information content (AvgIpc) is 2.05. The lowest BCUT2D eigenvalue weighted by molar-refractivity contribution is -0.0739. The quantitative estimate of drug-likeness (QED) is 0.395. The fourth-order valence-electron chi connectivity index (χ4n) is 0.681. The Balaban J connectivity index is 3.43. The first kappa shape index (κ1) is 11.2. The van der Waals surface area contributed by atoms with Crippen molar-refractivity contribution in [3.8, 4) is 0 Å². The summed E-state index contributed by atoms with van der Waals surface area (Å²) in [6.45, 7) is 4.60. The molecule has 0 spiro atoms. The topological polar surface area (TPSA) is 49.8 Å². The summed E-state index contributed by atoms with van der Waals surface area (Å²) in [5.41, 5.74) is 0. The lowest BCUT2D eigenvalue weighted by atomic mass is 10.4. The Labute approximate surface area is 73.1 Å². The first-order valence-corrected chi connectivity index (χ1v) is 4.35. The lowest BCUT2D eigenvalue weighted by Crippen LogP contribution is -2.29. The molecule has 0 fully saturated rings. The van der Waals surface area contributed by atoms with Crippen molar-refractivity contribution >= 4 is 6.09 Å². The van der Waals surface area contributed by atoms with Crippen LogP contribution in [0.3, 0.4) is 0 Å². The molecule has 4 heteroatoms. The van der Waals surface area contributed by atoms with Crippen molar-refractivity contribution in [1.29, 1.82) is 0 Å². The third kappa shape index (κ3) is 4.96. The molecule has 12 heavy (non-hydrogen) atoms. The van der Waals surface area contributed by atoms with Crippen LogP contribution in [0.1, 0.15) is 33.1 Å². The maximum Gasteiger partial charge on any atom is 0.433 e. The van der Waals surface area contributed by atoms with E-state index in [-0.39, 0.29) is 0 Å². The third-order valence-corrected chi connectivity index (χ3v) is 1.37. The van der Waals surface area contributed by atoms with Crippen LogP contribution in [-0.2, 0) is 4.74 Å². The van der Waals surface area contributed by atoms with Crippen molar-refractivity contribution < 1.29 is 14.7 Å². The van der Waals surface area contributed by atoms with E-state index in [1.54, 1.807) is 0 Å². The molecular formula is C8H17NO3. The fraction of sp³-hybridized carbons (Fsp3) is 0.875. The second-order valence-electron chi connectivity index (χ2n) is 2.59. The van der Waals surface area contributed by atoms with Crippen molar-refractivity contribution in [2.45, 2.75) is 33.1 Å². The van der Waals surface area contributed by atoms with Crippen LogP contribution >= 0.6 is 0 Å². The van der Waals surface area contributed by atoms with Gasteiger partial charge in [0.25, 0.3) is 0 Å². The number of rotatable bonds is 5. The van der Waals surface area contributed by atoms with Crippen LogP contribution in [0.4, 0.5) is 4.79 Å². The molecule has 0 aromatic heterocycles. The number of unbranched alkanes of at least 4 members (excludes halogenated alkanes) is 1. The summed E-state index contributed by atoms with van der Waals surface area (Å²) in [6, 6.07) is 0. The summed E-state index contributed by atoms with van der Waals surface area (Å²) in [7, 11) is 0. The Bertz CT molecular complexity index is 127. The molecule has 0 saturated carbocycles. The van der Waals surface area contributed by atoms with Gasteiger partial charge in [0.15, 0.2) is 0 Å². The number of hydroxylamine groups is 2. The predicted molar refractivity (Wildman–Crippen MR) is 45.0 cm³/mol. The van der Waals surface area contributed by atoms with Crippen LogP contribution in [0, 0.1) is 0 Å². The van der Waals surface area contributed by atoms with Crippen LogP contribution in [0.5, 0.6) is 0 Å². The summed E-state index contributed by atoms with van der Waals surface area (Å²) in [4.78, 5) is 10.9. The van der Waals surface area contributed by atoms with Gasteiger partial charge in [-0.25, -0.2) is 4.79 Å². The van der Waals surface area contributed by atoms with E-state index in [4.69, 9.17) is 9.94 Å². The standard InChI is InChI=1S/C8H17NO3/c1-3-5-7-12-8(10)9(11)6-4-2/h11H,3-7H2,1-2H3. The van der Waals surface area contributed by atoms with Gasteiger partial charge in [0.1, 0.15) is 0 Å². The van der Waals surface area contributed by atoms with E-state index in [0.29, 0.717) is 18.2 Å². The highest BCUT2D eigenvalue weighted by atomic mass is 16.6. The van der Waals surface area contributed by atoms with Gasteiger partial charge < -0.3 is 4.74 Å². The summed E-state index contributed by atoms with van der Waals surface area (Å²) >= 11 is 0. The number of carbonyl (C=O) groups is 1. The molecule has 0 radical (unpaired) electrons. The SMILES string of the molecule is CCCCOC(=O)N(O)CCC. The van der Waals surface area contributed by atoms with Gasteiger partial charge in [-0.15, -0.1) is 0 Å². The van der Waals surface area contributed by atoms with Gasteiger partial charge in [-0.1, -0.05) is 20.3 Å². The molecular weight excluding hydrogens is 158 g/mol. The summed E-state index contributed by atoms with van der Waals surface area (Å²) in [5.74, 6) is 0. The van der Waals surface area contributed by atoms with E-state index in [9.17, 15) is 4.79 Å². The summed E-state index contributed by atoms with van der Waals surface area (Å²) in [6.07, 6.45) is 1.89. The third-order valence-electron chi connectivity index (χ3n) is 1.37. The lowest BCUT2D eigenvalue weighted by Gasteiger charge is -2.13. The number of hydrogen-bond acceptors (Lipinski definition) is 3. The van der Waals surface area contributed by atoms with E-state index in [1.165, 1.54) is 0 Å². The molecule has 0 rings (SSSR count). The van der Waals surface area contributed by atoms with Gasteiger partial charge in [0, 0.05) is 0 Å². The minimum atomic E-state index is -0.648. The first-order valence-electron chi connectivity index (χ1n) is 4.35. The minimum absolute atomic E-state index is 0.324. The van der Waals surface area contributed by atoms with Gasteiger partial charge in [0.2, 0.25) is 0 Å². The molecule has 0 saturated heterocycles. The molecule has 1 N–H and O–H groups in total. The Kier molecular flexibility index (Phi) is 6.47. The average molecular weight is 175 g/mol. The highest BCUT2D eigenvalue weighted by Gasteiger charge is 2.09. The zero-order chi connectivity index (χ0) is 9.40. The maximum atomic E-state index is 10.9. The molecule has 0 heterocycles. The van der Waals surface area contributed by atoms with Crippen LogP contribution in [0.15, 0.2) is 0 Å². The zero-order valence-electron chi connectivity index (χ0n) is 7.75. The molecule has 0 unspecified atom stereocenters. The maximum absolute atomic E-state index is 10.9. The van der Waals surface area contributed by atoms with Crippen LogP contribution in [-0.4, -0.2) is 29.5 Å². The number of ether oxygens (including phenoxy) is 1. The summed E-state index contributed by atoms with van der Waals surface area (Å²) < 4.78 is 4.73. The van der Waals surface area contributed by atoms with Gasteiger partial charge >= 0.3 is 6.09 Å². The molecule has 1 amide bonds. The van der Waals surface area contributed by atoms with E-state index in [0.717, 1.165) is 19.3 Å². The smallest absolute Gasteiger partial charge is 0.433 e. The molecule has 0 bridgehead atoms. The van der Waals surface area contributed by atoms with E-state index in [1.807, 2.05) is 13.8 Å². The molecule has 0 aliphatic rings. The Morgan fingerprint density at radius 3 is 2.58 bits per heavy atom. The highest BCUT2D eigenvalue weighted by molar-refractivity contribution is 5.65. The largest absolute Gasteiger partial charge is 0.448 e. The van der Waals surface area contributed by atoms with Crippen molar-refractivity contribution in [3.63, 3.8) is 0 Å². The monoisotopic (exact) mass is 175 g/mol. The Morgan fingerprint density at radius 1 is 1.42 bits per heavy atom. The fourth-order valence-corrected chi connectivity index (χ4v) is 0.681. The summed E-state index contributed by atoms with van der Waals surface area (Å²) in [5, 5.41) is 9.58. The van der Waals surface area contributed by atoms with Crippen LogP contribution in [0.2, 0.25) is 0 Å². The number of carbonyl (C=O) groups excluding carboxylic acids is 1. The second-order valence-corrected chi connectivity index (χ2v) is 2.59. The van der Waals surface area contributed by atoms with Gasteiger partial charge in [-0.3, -0.25) is 5.21 Å². The first-order chi connectivity index (χ1) is 5.72. The molecule has 0 atom stereocenters. The second kappa shape index (κ2) is 6.91. The van der Waals surface area contributed by atoms with Crippen molar-refractivity contribution in [1.82, 2.24) is 5.06 Å². The van der Waals surface area contributed by atoms with E-state index < -0.39 is 6.09 Å². The normalized spacial score (nSPS) is 9.58. The van der Waals surface area contributed by atoms with E-state index in [2.05, 4.69) is 0 Å². The molecule has 0 aromatic rings. The zero-order valence-corrected chi connectivity index (χ0v) is 7.75. The molecule has 0 aliphatic carbocycles.